The zero-order chi connectivity index (χ0) is 6.10. The number of hydrogen-bond acceptors (Lipinski definition) is 2. The summed E-state index contributed by atoms with van der Waals surface area (Å²) in [6, 6.07) is 7.80. The van der Waals surface area contributed by atoms with E-state index in [4.69, 9.17) is 0 Å². The van der Waals surface area contributed by atoms with Crippen molar-refractivity contribution in [1.82, 2.24) is 0 Å². The van der Waals surface area contributed by atoms with Crippen molar-refractivity contribution in [1.29, 1.82) is 0 Å². The molecule has 0 fully saturated rings. The van der Waals surface area contributed by atoms with Crippen LogP contribution in [0.3, 0.4) is 0 Å². The maximum absolute atomic E-state index is 4.01. The van der Waals surface area contributed by atoms with Crippen molar-refractivity contribution in [2.75, 3.05) is 0 Å². The summed E-state index contributed by atoms with van der Waals surface area (Å²) in [5, 5.41) is 1.94. The lowest BCUT2D eigenvalue weighted by Crippen LogP contribution is -2.19. The largest absolute Gasteiger partial charge is 1.00 e. The third kappa shape index (κ3) is 0.633. The Labute approximate surface area is 54.1 Å². The Morgan fingerprint density at radius 1 is 1.00 bits per heavy atom. The molecule has 0 unspecified atom stereocenters. The van der Waals surface area contributed by atoms with Crippen molar-refractivity contribution in [3.63, 3.8) is 0 Å². The lowest BCUT2D eigenvalue weighted by Gasteiger charge is -1.75. The Bertz CT molecular complexity index is 299. The van der Waals surface area contributed by atoms with Gasteiger partial charge in [0.2, 0.25) is 0 Å². The second-order valence-electron chi connectivity index (χ2n) is 1.86. The first-order chi connectivity index (χ1) is 4.47. The molecule has 1 aliphatic rings. The van der Waals surface area contributed by atoms with Crippen LogP contribution in [0.15, 0.2) is 34.3 Å². The van der Waals surface area contributed by atoms with Gasteiger partial charge in [-0.3, -0.25) is 9.98 Å². The van der Waals surface area contributed by atoms with Gasteiger partial charge in [0.25, 0.3) is 0 Å². The Hall–Kier alpha value is -1.18. The lowest BCUT2D eigenvalue weighted by atomic mass is 10.3. The van der Waals surface area contributed by atoms with Gasteiger partial charge in [-0.2, -0.15) is 0 Å². The van der Waals surface area contributed by atoms with Gasteiger partial charge in [-0.1, -0.05) is 12.1 Å². The molecular formula is C7H6N2+. The first-order valence-electron chi connectivity index (χ1n) is 2.79. The van der Waals surface area contributed by atoms with Crippen molar-refractivity contribution in [3.05, 3.63) is 41.6 Å². The van der Waals surface area contributed by atoms with Gasteiger partial charge < -0.3 is 0 Å². The molecule has 0 saturated carbocycles. The fourth-order valence-corrected chi connectivity index (χ4v) is 0.836. The minimum Gasteiger partial charge on any atom is -0.252 e. The molecule has 0 atom stereocenters. The second kappa shape index (κ2) is 1.65. The summed E-state index contributed by atoms with van der Waals surface area (Å²) in [7, 11) is 0. The molecule has 2 nitrogen and oxygen atoms in total. The number of fused-ring (bicyclic) bond motifs is 1. The van der Waals surface area contributed by atoms with Crippen LogP contribution in [0.4, 0.5) is 0 Å². The summed E-state index contributed by atoms with van der Waals surface area (Å²) in [6.45, 7) is 1.57. The first kappa shape index (κ1) is 4.68. The standard InChI is InChI=1S/C7H5N2/c1-2-4-7-6(3-1)8-5-9-7/h1-5H/p+1. The Kier molecular flexibility index (Phi) is 0.859. The van der Waals surface area contributed by atoms with Crippen molar-refractivity contribution >= 4 is 0 Å². The number of rotatable bonds is 0. The van der Waals surface area contributed by atoms with Gasteiger partial charge in [-0.25, -0.2) is 0 Å². The monoisotopic (exact) mass is 118 g/mol. The zero-order valence-electron chi connectivity index (χ0n) is 5.78. The van der Waals surface area contributed by atoms with Crippen LogP contribution in [0.25, 0.3) is 0 Å². The van der Waals surface area contributed by atoms with E-state index in [2.05, 4.69) is 9.98 Å². The van der Waals surface area contributed by atoms with Crippen LogP contribution >= 0.6 is 0 Å². The quantitative estimate of drug-likeness (QED) is 0.464. The van der Waals surface area contributed by atoms with E-state index in [1.807, 2.05) is 24.3 Å². The van der Waals surface area contributed by atoms with Gasteiger partial charge in [0.1, 0.15) is 0 Å². The first-order valence-corrected chi connectivity index (χ1v) is 2.79. The van der Waals surface area contributed by atoms with Crippen LogP contribution in [0.5, 0.6) is 0 Å². The summed E-state index contributed by atoms with van der Waals surface area (Å²) in [5.41, 5.74) is 0. The Morgan fingerprint density at radius 3 is 2.11 bits per heavy atom. The fourth-order valence-electron chi connectivity index (χ4n) is 0.836. The van der Waals surface area contributed by atoms with Gasteiger partial charge in [0, 0.05) is 0 Å². The van der Waals surface area contributed by atoms with E-state index in [1.54, 1.807) is 6.67 Å². The molecule has 1 aliphatic heterocycles. The summed E-state index contributed by atoms with van der Waals surface area (Å²) in [4.78, 5) is 8.02. The molecule has 1 radical (unpaired) electrons. The molecule has 9 heavy (non-hydrogen) atoms. The van der Waals surface area contributed by atoms with Crippen molar-refractivity contribution in [3.8, 4) is 0 Å². The minimum atomic E-state index is 0. The summed E-state index contributed by atoms with van der Waals surface area (Å²) < 4.78 is 0. The van der Waals surface area contributed by atoms with E-state index in [1.165, 1.54) is 0 Å². The number of benzene rings is 1. The molecule has 2 rings (SSSR count). The number of hydrogen-bond donors (Lipinski definition) is 0. The summed E-state index contributed by atoms with van der Waals surface area (Å²) >= 11 is 0. The molecular weight excluding hydrogens is 112 g/mol. The number of para-hydroxylation sites is 2. The number of nitrogens with zero attached hydrogens (tertiary/aromatic N) is 2. The molecule has 0 aromatic heterocycles. The van der Waals surface area contributed by atoms with Crippen LogP contribution in [-0.2, 0) is 0 Å². The predicted octanol–water partition coefficient (Wildman–Crippen LogP) is 0.171. The van der Waals surface area contributed by atoms with E-state index in [-0.39, 0.29) is 1.43 Å². The van der Waals surface area contributed by atoms with Crippen LogP contribution in [0.2, 0.25) is 0 Å². The normalized spacial score (nSPS) is 13.8. The lowest BCUT2D eigenvalue weighted by molar-refractivity contribution is 1.23. The average molecular weight is 118 g/mol. The highest BCUT2D eigenvalue weighted by molar-refractivity contribution is 5.03. The van der Waals surface area contributed by atoms with E-state index in [9.17, 15) is 0 Å². The van der Waals surface area contributed by atoms with E-state index >= 15 is 0 Å². The molecule has 0 amide bonds. The summed E-state index contributed by atoms with van der Waals surface area (Å²) in [6.07, 6.45) is 0. The van der Waals surface area contributed by atoms with Gasteiger partial charge >= 0.3 is 1.43 Å². The fraction of sp³-hybridized carbons (Fsp3) is 0. The second-order valence-corrected chi connectivity index (χ2v) is 1.86. The maximum atomic E-state index is 4.01. The van der Waals surface area contributed by atoms with Crippen molar-refractivity contribution in [2.45, 2.75) is 0 Å². The van der Waals surface area contributed by atoms with Gasteiger partial charge in [-0.15, -0.1) is 0 Å². The van der Waals surface area contributed by atoms with Gasteiger partial charge in [0.05, 0.1) is 10.7 Å². The average Bonchev–Trinajstić information content (AvgIpc) is 2.33. The highest BCUT2D eigenvalue weighted by Crippen LogP contribution is 1.82. The predicted molar refractivity (Wildman–Crippen MR) is 34.2 cm³/mol. The van der Waals surface area contributed by atoms with E-state index in [0.717, 1.165) is 10.7 Å². The van der Waals surface area contributed by atoms with E-state index < -0.39 is 0 Å². The molecule has 1 heterocycles. The minimum absolute atomic E-state index is 0. The van der Waals surface area contributed by atoms with Gasteiger partial charge in [0.15, 0.2) is 6.67 Å². The highest BCUT2D eigenvalue weighted by atomic mass is 15.0. The maximum Gasteiger partial charge on any atom is 1.00 e. The van der Waals surface area contributed by atoms with E-state index in [0.29, 0.717) is 0 Å². The van der Waals surface area contributed by atoms with Crippen molar-refractivity contribution in [2.24, 2.45) is 9.98 Å². The van der Waals surface area contributed by atoms with Crippen molar-refractivity contribution < 1.29 is 1.43 Å². The zero-order valence-corrected chi connectivity index (χ0v) is 4.78. The topological polar surface area (TPSA) is 24.7 Å². The highest BCUT2D eigenvalue weighted by Gasteiger charge is 1.91. The molecule has 1 aromatic rings. The Morgan fingerprint density at radius 2 is 1.56 bits per heavy atom. The Balaban J connectivity index is 0.000000500. The van der Waals surface area contributed by atoms with Crippen LogP contribution < -0.4 is 10.7 Å². The molecule has 0 spiro atoms. The molecule has 43 valence electrons. The molecule has 0 N–H and O–H groups in total. The molecule has 0 aliphatic carbocycles. The van der Waals surface area contributed by atoms with Crippen LogP contribution in [0.1, 0.15) is 1.43 Å². The van der Waals surface area contributed by atoms with Crippen LogP contribution in [0, 0.1) is 6.67 Å². The smallest absolute Gasteiger partial charge is 0.252 e. The third-order valence-corrected chi connectivity index (χ3v) is 1.28. The summed E-state index contributed by atoms with van der Waals surface area (Å²) in [5.74, 6) is 0. The molecule has 1 aromatic carbocycles. The van der Waals surface area contributed by atoms with Gasteiger partial charge in [-0.05, 0) is 12.1 Å². The molecule has 0 saturated heterocycles. The molecule has 0 bridgehead atoms. The SMILES string of the molecule is [CH]1N=c2ccccc2=N1.[H+]. The molecule has 2 heteroatoms. The third-order valence-electron chi connectivity index (χ3n) is 1.28. The van der Waals surface area contributed by atoms with Crippen LogP contribution in [-0.4, -0.2) is 0 Å².